The van der Waals surface area contributed by atoms with Gasteiger partial charge in [-0.15, -0.1) is 0 Å². The smallest absolute Gasteiger partial charge is 0.174 e. The van der Waals surface area contributed by atoms with Crippen LogP contribution < -0.4 is 15.0 Å². The Bertz CT molecular complexity index is 1270. The second-order valence-electron chi connectivity index (χ2n) is 8.65. The van der Waals surface area contributed by atoms with Crippen LogP contribution in [-0.2, 0) is 0 Å². The summed E-state index contributed by atoms with van der Waals surface area (Å²) < 4.78 is 7.97. The van der Waals surface area contributed by atoms with Gasteiger partial charge in [-0.3, -0.25) is 4.98 Å². The van der Waals surface area contributed by atoms with Crippen LogP contribution in [0.25, 0.3) is 5.82 Å². The molecule has 0 unspecified atom stereocenters. The molecule has 2 atom stereocenters. The van der Waals surface area contributed by atoms with Crippen molar-refractivity contribution >= 4 is 23.0 Å². The number of rotatable bonds is 6. The summed E-state index contributed by atoms with van der Waals surface area (Å²) in [5.41, 5.74) is 4.11. The fourth-order valence-corrected chi connectivity index (χ4v) is 4.68. The highest BCUT2D eigenvalue weighted by atomic mass is 32.1. The molecule has 0 aliphatic carbocycles. The highest BCUT2D eigenvalue weighted by Gasteiger charge is 2.42. The maximum Gasteiger partial charge on any atom is 0.174 e. The highest BCUT2D eigenvalue weighted by Crippen LogP contribution is 2.42. The average molecular weight is 470 g/mol. The summed E-state index contributed by atoms with van der Waals surface area (Å²) in [4.78, 5) is 11.5. The van der Waals surface area contributed by atoms with Gasteiger partial charge in [0.15, 0.2) is 5.11 Å². The van der Waals surface area contributed by atoms with Gasteiger partial charge in [0.1, 0.15) is 17.6 Å². The minimum absolute atomic E-state index is 0.118. The molecule has 0 bridgehead atoms. The van der Waals surface area contributed by atoms with Gasteiger partial charge in [-0.25, -0.2) is 4.98 Å². The molecule has 0 radical (unpaired) electrons. The van der Waals surface area contributed by atoms with E-state index in [0.29, 0.717) is 5.11 Å². The molecule has 4 aromatic rings. The number of nitrogens with zero attached hydrogens (tertiary/aromatic N) is 4. The van der Waals surface area contributed by atoms with Gasteiger partial charge in [0, 0.05) is 30.0 Å². The number of anilines is 1. The predicted molar refractivity (Wildman–Crippen MR) is 138 cm³/mol. The van der Waals surface area contributed by atoms with Crippen molar-refractivity contribution in [1.82, 2.24) is 19.9 Å². The number of benzene rings is 1. The summed E-state index contributed by atoms with van der Waals surface area (Å²) in [5, 5.41) is 4.18. The third-order valence-corrected chi connectivity index (χ3v) is 6.13. The van der Waals surface area contributed by atoms with Gasteiger partial charge < -0.3 is 19.5 Å². The van der Waals surface area contributed by atoms with Crippen molar-refractivity contribution in [2.24, 2.45) is 0 Å². The molecule has 0 amide bonds. The van der Waals surface area contributed by atoms with E-state index in [0.717, 1.165) is 34.2 Å². The minimum Gasteiger partial charge on any atom is -0.491 e. The second-order valence-corrected chi connectivity index (χ2v) is 9.04. The summed E-state index contributed by atoms with van der Waals surface area (Å²) in [7, 11) is 0. The van der Waals surface area contributed by atoms with Crippen LogP contribution >= 0.6 is 12.2 Å². The fraction of sp³-hybridized carbons (Fsp3) is 0.222. The third-order valence-electron chi connectivity index (χ3n) is 5.81. The first-order valence-electron chi connectivity index (χ1n) is 11.4. The molecule has 1 N–H and O–H groups in total. The number of aryl methyl sites for hydroxylation is 1. The summed E-state index contributed by atoms with van der Waals surface area (Å²) in [6, 6.07) is 22.1. The largest absolute Gasteiger partial charge is 0.491 e. The Balaban J connectivity index is 1.60. The van der Waals surface area contributed by atoms with E-state index < -0.39 is 0 Å². The van der Waals surface area contributed by atoms with Crippen molar-refractivity contribution < 1.29 is 4.74 Å². The lowest BCUT2D eigenvalue weighted by Crippen LogP contribution is -2.30. The van der Waals surface area contributed by atoms with Crippen molar-refractivity contribution in [1.29, 1.82) is 0 Å². The number of hydrogen-bond acceptors (Lipinski definition) is 4. The van der Waals surface area contributed by atoms with Crippen LogP contribution in [0.2, 0.25) is 0 Å². The first-order chi connectivity index (χ1) is 16.5. The summed E-state index contributed by atoms with van der Waals surface area (Å²) >= 11 is 5.86. The maximum atomic E-state index is 5.86. The summed E-state index contributed by atoms with van der Waals surface area (Å²) in [6.45, 7) is 6.08. The molecule has 3 aromatic heterocycles. The second kappa shape index (κ2) is 9.27. The number of ether oxygens (including phenoxy) is 1. The summed E-state index contributed by atoms with van der Waals surface area (Å²) in [5.74, 6) is 1.70. The first kappa shape index (κ1) is 22.1. The lowest BCUT2D eigenvalue weighted by atomic mass is 10.0. The van der Waals surface area contributed by atoms with Gasteiger partial charge in [-0.2, -0.15) is 0 Å². The Hall–Kier alpha value is -3.71. The first-order valence-corrected chi connectivity index (χ1v) is 11.8. The van der Waals surface area contributed by atoms with Crippen molar-refractivity contribution in [2.45, 2.75) is 39.0 Å². The highest BCUT2D eigenvalue weighted by molar-refractivity contribution is 7.80. The van der Waals surface area contributed by atoms with E-state index in [4.69, 9.17) is 17.0 Å². The Morgan fingerprint density at radius 1 is 0.971 bits per heavy atom. The van der Waals surface area contributed by atoms with Gasteiger partial charge in [-0.1, -0.05) is 12.1 Å². The van der Waals surface area contributed by atoms with Gasteiger partial charge in [0.2, 0.25) is 0 Å². The summed E-state index contributed by atoms with van der Waals surface area (Å²) in [6.07, 6.45) is 5.87. The minimum atomic E-state index is -0.127. The van der Waals surface area contributed by atoms with Gasteiger partial charge >= 0.3 is 0 Å². The Kier molecular flexibility index (Phi) is 6.02. The molecular formula is C27H27N5OS. The van der Waals surface area contributed by atoms with Crippen LogP contribution in [0, 0.1) is 6.92 Å². The van der Waals surface area contributed by atoms with E-state index in [-0.39, 0.29) is 18.2 Å². The Labute approximate surface area is 205 Å². The molecule has 5 rings (SSSR count). The molecule has 1 aliphatic rings. The molecule has 1 fully saturated rings. The van der Waals surface area contributed by atoms with Crippen LogP contribution in [0.3, 0.4) is 0 Å². The van der Waals surface area contributed by atoms with E-state index >= 15 is 0 Å². The van der Waals surface area contributed by atoms with Crippen LogP contribution in [0.15, 0.2) is 85.3 Å². The van der Waals surface area contributed by atoms with E-state index in [9.17, 15) is 0 Å². The van der Waals surface area contributed by atoms with E-state index in [1.54, 1.807) is 0 Å². The number of pyridine rings is 2. The normalized spacial score (nSPS) is 17.8. The monoisotopic (exact) mass is 469 g/mol. The quantitative estimate of drug-likeness (QED) is 0.374. The third kappa shape index (κ3) is 4.26. The molecular weight excluding hydrogens is 442 g/mol. The average Bonchev–Trinajstić information content (AvgIpc) is 3.45. The standard InChI is InChI=1S/C27H27N5OS/c1-18(2)33-21-12-10-20(11-13-21)32-26(25(30-27(32)34)22-7-4-5-15-28-22)23-8-6-16-31(23)24-14-9-19(3)17-29-24/h4-18,25-26H,1-3H3,(H,30,34)/t25-,26+/m1/s1. The zero-order valence-electron chi connectivity index (χ0n) is 19.4. The fourth-order valence-electron chi connectivity index (χ4n) is 4.34. The lowest BCUT2D eigenvalue weighted by molar-refractivity contribution is 0.242. The Morgan fingerprint density at radius 3 is 2.47 bits per heavy atom. The zero-order valence-corrected chi connectivity index (χ0v) is 20.2. The van der Waals surface area contributed by atoms with Gasteiger partial charge in [-0.05, 0) is 93.1 Å². The molecule has 0 saturated carbocycles. The van der Waals surface area contributed by atoms with Crippen LogP contribution in [0.5, 0.6) is 5.75 Å². The van der Waals surface area contributed by atoms with Crippen LogP contribution in [0.4, 0.5) is 5.69 Å². The van der Waals surface area contributed by atoms with Crippen molar-refractivity contribution in [3.63, 3.8) is 0 Å². The molecule has 0 spiro atoms. The SMILES string of the molecule is Cc1ccc(-n2cccc2[C@H]2[C@@H](c3ccccn3)NC(=S)N2c2ccc(OC(C)C)cc2)nc1. The van der Waals surface area contributed by atoms with Crippen molar-refractivity contribution in [3.8, 4) is 11.6 Å². The topological polar surface area (TPSA) is 55.2 Å². The zero-order chi connectivity index (χ0) is 23.7. The molecule has 34 heavy (non-hydrogen) atoms. The van der Waals surface area contributed by atoms with Gasteiger partial charge in [0.25, 0.3) is 0 Å². The molecule has 4 heterocycles. The van der Waals surface area contributed by atoms with E-state index in [2.05, 4.69) is 49.0 Å². The lowest BCUT2D eigenvalue weighted by Gasteiger charge is -2.29. The molecule has 172 valence electrons. The molecule has 1 aliphatic heterocycles. The molecule has 7 heteroatoms. The van der Waals surface area contributed by atoms with Crippen LogP contribution in [0.1, 0.15) is 42.9 Å². The molecule has 1 saturated heterocycles. The van der Waals surface area contributed by atoms with E-state index in [1.807, 2.05) is 81.8 Å². The maximum absolute atomic E-state index is 5.86. The molecule has 1 aromatic carbocycles. The number of hydrogen-bond donors (Lipinski definition) is 1. The van der Waals surface area contributed by atoms with Crippen molar-refractivity contribution in [2.75, 3.05) is 4.90 Å². The number of nitrogens with one attached hydrogen (secondary N) is 1. The number of thiocarbonyl (C=S) groups is 1. The van der Waals surface area contributed by atoms with Gasteiger partial charge in [0.05, 0.1) is 17.8 Å². The molecule has 6 nitrogen and oxygen atoms in total. The number of aromatic nitrogens is 3. The van der Waals surface area contributed by atoms with E-state index in [1.165, 1.54) is 0 Å². The van der Waals surface area contributed by atoms with Crippen molar-refractivity contribution in [3.05, 3.63) is 102 Å². The van der Waals surface area contributed by atoms with Crippen LogP contribution in [-0.4, -0.2) is 25.8 Å². The Morgan fingerprint density at radius 2 is 1.79 bits per heavy atom. The predicted octanol–water partition coefficient (Wildman–Crippen LogP) is 5.54.